The van der Waals surface area contributed by atoms with Crippen LogP contribution in [-0.4, -0.2) is 43.9 Å². The number of ketones is 1. The Morgan fingerprint density at radius 2 is 2.33 bits per heavy atom. The molecule has 70 valence electrons. The number of likely N-dealkylation sites (N-methyl/N-ethyl adjacent to an activating group) is 1. The molecule has 0 spiro atoms. The molecular formula is C9H18N2O. The van der Waals surface area contributed by atoms with Crippen molar-refractivity contribution in [1.82, 2.24) is 10.2 Å². The minimum absolute atomic E-state index is 0.347. The SMILES string of the molecule is CN(C)CC(=O)C[C@@H]1CCCN1. The van der Waals surface area contributed by atoms with Crippen molar-refractivity contribution in [3.63, 3.8) is 0 Å². The van der Waals surface area contributed by atoms with Crippen molar-refractivity contribution < 1.29 is 4.79 Å². The van der Waals surface area contributed by atoms with Gasteiger partial charge in [-0.15, -0.1) is 0 Å². The van der Waals surface area contributed by atoms with Gasteiger partial charge in [-0.3, -0.25) is 4.79 Å². The first-order valence-corrected chi connectivity index (χ1v) is 4.58. The lowest BCUT2D eigenvalue weighted by Crippen LogP contribution is -2.29. The second kappa shape index (κ2) is 4.58. The Labute approximate surface area is 74.1 Å². The summed E-state index contributed by atoms with van der Waals surface area (Å²) >= 11 is 0. The first kappa shape index (κ1) is 9.68. The molecule has 0 aliphatic carbocycles. The molecule has 0 amide bonds. The molecule has 1 aliphatic heterocycles. The zero-order valence-corrected chi connectivity index (χ0v) is 7.97. The molecule has 3 nitrogen and oxygen atoms in total. The topological polar surface area (TPSA) is 32.3 Å². The molecular weight excluding hydrogens is 152 g/mol. The van der Waals surface area contributed by atoms with E-state index < -0.39 is 0 Å². The van der Waals surface area contributed by atoms with Gasteiger partial charge in [0.05, 0.1) is 6.54 Å². The van der Waals surface area contributed by atoms with Crippen molar-refractivity contribution >= 4 is 5.78 Å². The molecule has 1 fully saturated rings. The second-order valence-corrected chi connectivity index (χ2v) is 3.77. The maximum absolute atomic E-state index is 11.3. The lowest BCUT2D eigenvalue weighted by molar-refractivity contribution is -0.120. The highest BCUT2D eigenvalue weighted by Gasteiger charge is 2.17. The molecule has 12 heavy (non-hydrogen) atoms. The van der Waals surface area contributed by atoms with E-state index in [1.165, 1.54) is 12.8 Å². The summed E-state index contributed by atoms with van der Waals surface area (Å²) in [6.45, 7) is 1.66. The second-order valence-electron chi connectivity index (χ2n) is 3.77. The molecule has 1 rings (SSSR count). The highest BCUT2D eigenvalue weighted by Crippen LogP contribution is 2.08. The zero-order valence-electron chi connectivity index (χ0n) is 7.97. The van der Waals surface area contributed by atoms with Gasteiger partial charge in [0.25, 0.3) is 0 Å². The van der Waals surface area contributed by atoms with E-state index in [1.807, 2.05) is 19.0 Å². The molecule has 0 aromatic rings. The fourth-order valence-electron chi connectivity index (χ4n) is 1.62. The summed E-state index contributed by atoms with van der Waals surface area (Å²) in [6, 6.07) is 0.456. The standard InChI is InChI=1S/C9H18N2O/c1-11(2)7-9(12)6-8-4-3-5-10-8/h8,10H,3-7H2,1-2H3/t8-/m0/s1. The highest BCUT2D eigenvalue weighted by atomic mass is 16.1. The number of hydrogen-bond acceptors (Lipinski definition) is 3. The van der Waals surface area contributed by atoms with Crippen molar-refractivity contribution in [2.75, 3.05) is 27.2 Å². The fraction of sp³-hybridized carbons (Fsp3) is 0.889. The normalized spacial score (nSPS) is 23.4. The van der Waals surface area contributed by atoms with Crippen LogP contribution in [0.25, 0.3) is 0 Å². The number of rotatable bonds is 4. The van der Waals surface area contributed by atoms with E-state index in [9.17, 15) is 4.79 Å². The molecule has 3 heteroatoms. The van der Waals surface area contributed by atoms with Gasteiger partial charge in [-0.05, 0) is 33.5 Å². The van der Waals surface area contributed by atoms with Gasteiger partial charge in [0, 0.05) is 12.5 Å². The monoisotopic (exact) mass is 170 g/mol. The van der Waals surface area contributed by atoms with E-state index in [1.54, 1.807) is 0 Å². The van der Waals surface area contributed by atoms with Gasteiger partial charge in [-0.2, -0.15) is 0 Å². The van der Waals surface area contributed by atoms with Crippen molar-refractivity contribution in [2.45, 2.75) is 25.3 Å². The third-order valence-electron chi connectivity index (χ3n) is 2.13. The number of hydrogen-bond donors (Lipinski definition) is 1. The summed E-state index contributed by atoms with van der Waals surface area (Å²) < 4.78 is 0. The van der Waals surface area contributed by atoms with Gasteiger partial charge in [-0.25, -0.2) is 0 Å². The van der Waals surface area contributed by atoms with Gasteiger partial charge in [0.1, 0.15) is 5.78 Å². The number of carbonyl (C=O) groups is 1. The van der Waals surface area contributed by atoms with E-state index in [-0.39, 0.29) is 0 Å². The van der Waals surface area contributed by atoms with Crippen LogP contribution < -0.4 is 5.32 Å². The molecule has 1 aliphatic rings. The third kappa shape index (κ3) is 3.32. The maximum atomic E-state index is 11.3. The summed E-state index contributed by atoms with van der Waals surface area (Å²) in [7, 11) is 3.86. The predicted octanol–water partition coefficient (Wildman–Crippen LogP) is 0.259. The Morgan fingerprint density at radius 3 is 2.83 bits per heavy atom. The molecule has 0 radical (unpaired) electrons. The van der Waals surface area contributed by atoms with E-state index in [2.05, 4.69) is 5.32 Å². The van der Waals surface area contributed by atoms with Gasteiger partial charge in [0.15, 0.2) is 0 Å². The summed E-state index contributed by atoms with van der Waals surface area (Å²) in [5, 5.41) is 3.32. The largest absolute Gasteiger partial charge is 0.314 e. The molecule has 1 N–H and O–H groups in total. The Bertz CT molecular complexity index is 151. The average molecular weight is 170 g/mol. The Balaban J connectivity index is 2.16. The van der Waals surface area contributed by atoms with Crippen LogP contribution in [0.4, 0.5) is 0 Å². The minimum Gasteiger partial charge on any atom is -0.314 e. The van der Waals surface area contributed by atoms with Gasteiger partial charge < -0.3 is 10.2 Å². The third-order valence-corrected chi connectivity index (χ3v) is 2.13. The molecule has 1 saturated heterocycles. The van der Waals surface area contributed by atoms with Crippen molar-refractivity contribution in [3.05, 3.63) is 0 Å². The van der Waals surface area contributed by atoms with E-state index in [0.717, 1.165) is 6.54 Å². The number of nitrogens with one attached hydrogen (secondary N) is 1. The molecule has 1 heterocycles. The van der Waals surface area contributed by atoms with Crippen LogP contribution in [0.1, 0.15) is 19.3 Å². The summed E-state index contributed by atoms with van der Waals surface area (Å²) in [5.74, 6) is 0.347. The Hall–Kier alpha value is -0.410. The molecule has 1 atom stereocenters. The molecule has 0 bridgehead atoms. The predicted molar refractivity (Wildman–Crippen MR) is 49.2 cm³/mol. The van der Waals surface area contributed by atoms with Crippen LogP contribution in [-0.2, 0) is 4.79 Å². The number of nitrogens with zero attached hydrogens (tertiary/aromatic N) is 1. The lowest BCUT2D eigenvalue weighted by atomic mass is 10.1. The van der Waals surface area contributed by atoms with Crippen LogP contribution in [0.15, 0.2) is 0 Å². The average Bonchev–Trinajstić information content (AvgIpc) is 2.37. The fourth-order valence-corrected chi connectivity index (χ4v) is 1.62. The molecule has 0 aromatic carbocycles. The molecule has 0 saturated carbocycles. The molecule has 0 aromatic heterocycles. The molecule has 0 unspecified atom stereocenters. The highest BCUT2D eigenvalue weighted by molar-refractivity contribution is 5.81. The quantitative estimate of drug-likeness (QED) is 0.657. The first-order chi connectivity index (χ1) is 5.68. The van der Waals surface area contributed by atoms with Crippen LogP contribution in [0.5, 0.6) is 0 Å². The minimum atomic E-state index is 0.347. The summed E-state index contributed by atoms with van der Waals surface area (Å²) in [5.41, 5.74) is 0. The van der Waals surface area contributed by atoms with E-state index in [4.69, 9.17) is 0 Å². The van der Waals surface area contributed by atoms with Crippen LogP contribution in [0.2, 0.25) is 0 Å². The summed E-state index contributed by atoms with van der Waals surface area (Å²) in [6.07, 6.45) is 3.09. The smallest absolute Gasteiger partial charge is 0.148 e. The Morgan fingerprint density at radius 1 is 1.58 bits per heavy atom. The maximum Gasteiger partial charge on any atom is 0.148 e. The van der Waals surface area contributed by atoms with Crippen molar-refractivity contribution in [3.8, 4) is 0 Å². The van der Waals surface area contributed by atoms with Gasteiger partial charge in [0.2, 0.25) is 0 Å². The Kier molecular flexibility index (Phi) is 3.69. The van der Waals surface area contributed by atoms with Crippen LogP contribution in [0.3, 0.4) is 0 Å². The van der Waals surface area contributed by atoms with E-state index in [0.29, 0.717) is 24.8 Å². The van der Waals surface area contributed by atoms with Crippen LogP contribution >= 0.6 is 0 Å². The van der Waals surface area contributed by atoms with Crippen molar-refractivity contribution in [1.29, 1.82) is 0 Å². The lowest BCUT2D eigenvalue weighted by Gasteiger charge is -2.11. The summed E-state index contributed by atoms with van der Waals surface area (Å²) in [4.78, 5) is 13.3. The number of carbonyl (C=O) groups excluding carboxylic acids is 1. The number of Topliss-reactive ketones (excluding diaryl/α,β-unsaturated/α-hetero) is 1. The zero-order chi connectivity index (χ0) is 8.97. The van der Waals surface area contributed by atoms with Gasteiger partial charge in [-0.1, -0.05) is 0 Å². The van der Waals surface area contributed by atoms with Gasteiger partial charge >= 0.3 is 0 Å². The van der Waals surface area contributed by atoms with E-state index >= 15 is 0 Å². The first-order valence-electron chi connectivity index (χ1n) is 4.58. The van der Waals surface area contributed by atoms with Crippen molar-refractivity contribution in [2.24, 2.45) is 0 Å². The van der Waals surface area contributed by atoms with Crippen LogP contribution in [0, 0.1) is 0 Å².